The van der Waals surface area contributed by atoms with E-state index in [1.807, 2.05) is 45.9 Å². The molecule has 0 saturated heterocycles. The van der Waals surface area contributed by atoms with Crippen LogP contribution < -0.4 is 21.1 Å². The molecule has 0 aliphatic carbocycles. The third-order valence-electron chi connectivity index (χ3n) is 8.15. The van der Waals surface area contributed by atoms with E-state index in [1.165, 1.54) is 12.1 Å². The summed E-state index contributed by atoms with van der Waals surface area (Å²) < 4.78 is 30.1. The number of aliphatic hydroxyl groups is 1. The number of benzene rings is 2. The second kappa shape index (κ2) is 20.2. The summed E-state index contributed by atoms with van der Waals surface area (Å²) in [7, 11) is 1.67. The summed E-state index contributed by atoms with van der Waals surface area (Å²) in [4.78, 5) is 26.6. The van der Waals surface area contributed by atoms with Crippen molar-refractivity contribution in [2.75, 3.05) is 26.9 Å². The van der Waals surface area contributed by atoms with Crippen LogP contribution in [0.5, 0.6) is 5.75 Å². The second-order valence-electron chi connectivity index (χ2n) is 12.0. The molecule has 5 atom stereocenters. The zero-order valence-electron chi connectivity index (χ0n) is 27.8. The smallest absolute Gasteiger partial charge is 0.243 e. The fourth-order valence-corrected chi connectivity index (χ4v) is 4.91. The van der Waals surface area contributed by atoms with E-state index in [9.17, 15) is 19.1 Å². The van der Waals surface area contributed by atoms with Gasteiger partial charge in [-0.3, -0.25) is 9.59 Å². The molecule has 0 unspecified atom stereocenters. The molecule has 2 rings (SSSR count). The lowest BCUT2D eigenvalue weighted by Gasteiger charge is -2.29. The Bertz CT molecular complexity index is 1160. The lowest BCUT2D eigenvalue weighted by atomic mass is 9.86. The zero-order valence-corrected chi connectivity index (χ0v) is 27.8. The molecule has 0 radical (unpaired) electrons. The first-order valence-corrected chi connectivity index (χ1v) is 16.1. The Morgan fingerprint density at radius 3 is 2.31 bits per heavy atom. The van der Waals surface area contributed by atoms with Gasteiger partial charge in [-0.15, -0.1) is 0 Å². The predicted octanol–water partition coefficient (Wildman–Crippen LogP) is 4.52. The van der Waals surface area contributed by atoms with Crippen molar-refractivity contribution in [1.82, 2.24) is 10.6 Å². The molecule has 0 aliphatic rings. The number of nitrogens with one attached hydrogen (secondary N) is 2. The van der Waals surface area contributed by atoms with Gasteiger partial charge in [-0.25, -0.2) is 4.39 Å². The maximum Gasteiger partial charge on any atom is 0.243 e. The number of ether oxygens (including phenoxy) is 3. The van der Waals surface area contributed by atoms with Gasteiger partial charge in [0.25, 0.3) is 0 Å². The summed E-state index contributed by atoms with van der Waals surface area (Å²) in [6.07, 6.45) is 1.46. The number of hydrogen-bond donors (Lipinski definition) is 4. The van der Waals surface area contributed by atoms with Crippen molar-refractivity contribution in [1.29, 1.82) is 0 Å². The van der Waals surface area contributed by atoms with Crippen molar-refractivity contribution in [2.45, 2.75) is 91.6 Å². The normalized spacial score (nSPS) is 14.8. The Labute approximate surface area is 268 Å². The minimum atomic E-state index is -0.986. The summed E-state index contributed by atoms with van der Waals surface area (Å²) in [5, 5.41) is 16.7. The Balaban J connectivity index is 1.94. The van der Waals surface area contributed by atoms with Gasteiger partial charge < -0.3 is 35.7 Å². The molecule has 0 bridgehead atoms. The number of methoxy groups -OCH3 is 1. The standard InChI is InChI=1S/C35H54FN3O6/c1-7-24(5)33(35(42)38-20-25-11-14-28(36)15-12-25)39-34(41)29(23(3)4)19-31(40)30(37)22-44-21-26-10-13-27(8-2)32(18-26)45-17-9-16-43-6/h10-15,18,23-24,29-31,33,40H,7-9,16-17,19-22,37H2,1-6H3,(H,38,42)(H,39,41)/t24-,29-,30-,31-,33-/m0/s1. The summed E-state index contributed by atoms with van der Waals surface area (Å²) in [6.45, 7) is 11.6. The molecule has 0 spiro atoms. The first-order valence-electron chi connectivity index (χ1n) is 16.1. The van der Waals surface area contributed by atoms with Crippen LogP contribution in [-0.4, -0.2) is 62.0 Å². The highest BCUT2D eigenvalue weighted by Gasteiger charge is 2.32. The molecule has 2 amide bonds. The van der Waals surface area contributed by atoms with Gasteiger partial charge in [0.15, 0.2) is 0 Å². The third kappa shape index (κ3) is 13.1. The minimum Gasteiger partial charge on any atom is -0.493 e. The van der Waals surface area contributed by atoms with Crippen LogP contribution >= 0.6 is 0 Å². The molecule has 0 saturated carbocycles. The van der Waals surface area contributed by atoms with Gasteiger partial charge in [-0.1, -0.05) is 65.3 Å². The quantitative estimate of drug-likeness (QED) is 0.149. The highest BCUT2D eigenvalue weighted by atomic mass is 19.1. The van der Waals surface area contributed by atoms with Crippen LogP contribution in [0.1, 0.15) is 70.6 Å². The van der Waals surface area contributed by atoms with Crippen LogP contribution in [0, 0.1) is 23.6 Å². The minimum absolute atomic E-state index is 0.105. The van der Waals surface area contributed by atoms with E-state index in [2.05, 4.69) is 17.6 Å². The van der Waals surface area contributed by atoms with Crippen LogP contribution in [-0.2, 0) is 38.6 Å². The molecular weight excluding hydrogens is 577 g/mol. The van der Waals surface area contributed by atoms with Crippen molar-refractivity contribution in [3.8, 4) is 5.75 Å². The fourth-order valence-electron chi connectivity index (χ4n) is 4.91. The highest BCUT2D eigenvalue weighted by Crippen LogP contribution is 2.23. The predicted molar refractivity (Wildman–Crippen MR) is 174 cm³/mol. The summed E-state index contributed by atoms with van der Waals surface area (Å²) in [5.74, 6) is -0.950. The zero-order chi connectivity index (χ0) is 33.4. The lowest BCUT2D eigenvalue weighted by Crippen LogP contribution is -2.52. The molecule has 0 fully saturated rings. The molecule has 2 aromatic carbocycles. The number of aliphatic hydroxyl groups excluding tert-OH is 1. The molecule has 45 heavy (non-hydrogen) atoms. The van der Waals surface area contributed by atoms with Crippen molar-refractivity contribution >= 4 is 11.8 Å². The average molecular weight is 632 g/mol. The molecule has 252 valence electrons. The Morgan fingerprint density at radius 2 is 1.69 bits per heavy atom. The number of hydrogen-bond acceptors (Lipinski definition) is 7. The van der Waals surface area contributed by atoms with Gasteiger partial charge in [0.05, 0.1) is 32.0 Å². The van der Waals surface area contributed by atoms with Crippen LogP contribution in [0.3, 0.4) is 0 Å². The molecule has 5 N–H and O–H groups in total. The number of rotatable bonds is 21. The molecule has 2 aromatic rings. The number of nitrogens with two attached hydrogens (primary N) is 1. The number of halogens is 1. The topological polar surface area (TPSA) is 132 Å². The van der Waals surface area contributed by atoms with E-state index in [0.717, 1.165) is 35.3 Å². The van der Waals surface area contributed by atoms with Crippen molar-refractivity contribution < 1.29 is 33.3 Å². The Hall–Kier alpha value is -3.05. The van der Waals surface area contributed by atoms with Gasteiger partial charge in [-0.2, -0.15) is 0 Å². The Morgan fingerprint density at radius 1 is 1.00 bits per heavy atom. The van der Waals surface area contributed by atoms with Crippen molar-refractivity contribution in [3.05, 3.63) is 65.0 Å². The molecule has 10 heteroatoms. The van der Waals surface area contributed by atoms with E-state index in [1.54, 1.807) is 19.2 Å². The van der Waals surface area contributed by atoms with Crippen LogP contribution in [0.4, 0.5) is 4.39 Å². The number of carbonyl (C=O) groups is 2. The number of aryl methyl sites for hydroxylation is 1. The molecule has 9 nitrogen and oxygen atoms in total. The summed E-state index contributed by atoms with van der Waals surface area (Å²) in [5.41, 5.74) is 9.09. The van der Waals surface area contributed by atoms with E-state index < -0.39 is 24.1 Å². The maximum atomic E-state index is 13.4. The van der Waals surface area contributed by atoms with Crippen LogP contribution in [0.15, 0.2) is 42.5 Å². The maximum absolute atomic E-state index is 13.4. The van der Waals surface area contributed by atoms with E-state index in [4.69, 9.17) is 19.9 Å². The number of amides is 2. The average Bonchev–Trinajstić information content (AvgIpc) is 3.03. The van der Waals surface area contributed by atoms with E-state index in [0.29, 0.717) is 26.2 Å². The number of carbonyl (C=O) groups excluding carboxylic acids is 2. The first-order chi connectivity index (χ1) is 21.5. The molecule has 0 heterocycles. The van der Waals surface area contributed by atoms with Gasteiger partial charge in [-0.05, 0) is 59.6 Å². The SMILES string of the molecule is CCc1ccc(COC[C@H](N)[C@@H](O)C[C@H](C(=O)N[C@H](C(=O)NCc2ccc(F)cc2)[C@@H](C)CC)C(C)C)cc1OCCCOC. The van der Waals surface area contributed by atoms with Gasteiger partial charge >= 0.3 is 0 Å². The molecular formula is C35H54FN3O6. The van der Waals surface area contributed by atoms with Crippen molar-refractivity contribution in [3.63, 3.8) is 0 Å². The van der Waals surface area contributed by atoms with Crippen LogP contribution in [0.25, 0.3) is 0 Å². The summed E-state index contributed by atoms with van der Waals surface area (Å²) in [6, 6.07) is 10.4. The van der Waals surface area contributed by atoms with E-state index >= 15 is 0 Å². The van der Waals surface area contributed by atoms with Gasteiger partial charge in [0, 0.05) is 32.6 Å². The monoisotopic (exact) mass is 631 g/mol. The largest absolute Gasteiger partial charge is 0.493 e. The second-order valence-corrected chi connectivity index (χ2v) is 12.0. The van der Waals surface area contributed by atoms with Gasteiger partial charge in [0.2, 0.25) is 11.8 Å². The lowest BCUT2D eigenvalue weighted by molar-refractivity contribution is -0.134. The Kier molecular flexibility index (Phi) is 17.1. The molecule has 0 aliphatic heterocycles. The molecule has 0 aromatic heterocycles. The first kappa shape index (κ1) is 38.1. The van der Waals surface area contributed by atoms with Gasteiger partial charge in [0.1, 0.15) is 17.6 Å². The van der Waals surface area contributed by atoms with Crippen LogP contribution in [0.2, 0.25) is 0 Å². The summed E-state index contributed by atoms with van der Waals surface area (Å²) >= 11 is 0. The third-order valence-corrected chi connectivity index (χ3v) is 8.15. The fraction of sp³-hybridized carbons (Fsp3) is 0.600. The highest BCUT2D eigenvalue weighted by molar-refractivity contribution is 5.88. The van der Waals surface area contributed by atoms with E-state index in [-0.39, 0.29) is 49.0 Å². The van der Waals surface area contributed by atoms with Crippen molar-refractivity contribution in [2.24, 2.45) is 23.5 Å².